The van der Waals surface area contributed by atoms with Crippen molar-refractivity contribution in [2.45, 2.75) is 77.5 Å². The Morgan fingerprint density at radius 2 is 1.65 bits per heavy atom. The third kappa shape index (κ3) is 2.80. The van der Waals surface area contributed by atoms with E-state index in [-0.39, 0.29) is 12.1 Å². The lowest BCUT2D eigenvalue weighted by Gasteiger charge is -2.51. The number of ether oxygens (including phenoxy) is 1. The predicted molar refractivity (Wildman–Crippen MR) is 64.7 cm³/mol. The van der Waals surface area contributed by atoms with Gasteiger partial charge in [0.05, 0.1) is 11.1 Å². The summed E-state index contributed by atoms with van der Waals surface area (Å²) in [6.45, 7) is 9.37. The molecule has 4 nitrogen and oxygen atoms in total. The molecule has 1 aliphatic heterocycles. The quantitative estimate of drug-likeness (QED) is 0.715. The molecule has 1 radical (unpaired) electrons. The molecule has 1 saturated heterocycles. The van der Waals surface area contributed by atoms with Gasteiger partial charge in [-0.2, -0.15) is 0 Å². The van der Waals surface area contributed by atoms with Gasteiger partial charge in [-0.05, 0) is 26.7 Å². The zero-order valence-corrected chi connectivity index (χ0v) is 11.6. The van der Waals surface area contributed by atoms with Gasteiger partial charge in [0.2, 0.25) is 0 Å². The molecule has 0 aliphatic carbocycles. The number of esters is 1. The summed E-state index contributed by atoms with van der Waals surface area (Å²) < 4.78 is 5.33. The number of rotatable bonds is 3. The van der Waals surface area contributed by atoms with E-state index in [1.165, 1.54) is 12.0 Å². The molecule has 17 heavy (non-hydrogen) atoms. The zero-order valence-electron chi connectivity index (χ0n) is 11.6. The van der Waals surface area contributed by atoms with Crippen molar-refractivity contribution in [3.8, 4) is 0 Å². The Hall–Kier alpha value is -0.610. The lowest BCUT2D eigenvalue weighted by Crippen LogP contribution is -2.62. The van der Waals surface area contributed by atoms with Crippen molar-refractivity contribution in [3.63, 3.8) is 0 Å². The van der Waals surface area contributed by atoms with Crippen molar-refractivity contribution < 1.29 is 14.7 Å². The molecule has 0 spiro atoms. The van der Waals surface area contributed by atoms with Gasteiger partial charge >= 0.3 is 5.97 Å². The molecule has 99 valence electrons. The number of hydrogen-bond acceptors (Lipinski definition) is 3. The predicted octanol–water partition coefficient (Wildman–Crippen LogP) is 2.70. The lowest BCUT2D eigenvalue weighted by atomic mass is 9.76. The summed E-state index contributed by atoms with van der Waals surface area (Å²) >= 11 is 0. The fourth-order valence-electron chi connectivity index (χ4n) is 2.76. The maximum absolute atomic E-state index is 12.4. The Bertz CT molecular complexity index is 274. The normalized spacial score (nSPS) is 39.1. The maximum Gasteiger partial charge on any atom is 0.302 e. The number of nitrogens with zero attached hydrogens (tertiary/aromatic N) is 1. The molecule has 2 atom stereocenters. The van der Waals surface area contributed by atoms with Crippen molar-refractivity contribution in [1.82, 2.24) is 5.06 Å². The highest BCUT2D eigenvalue weighted by molar-refractivity contribution is 5.66. The van der Waals surface area contributed by atoms with Crippen LogP contribution in [0, 0.1) is 0 Å². The fourth-order valence-corrected chi connectivity index (χ4v) is 2.76. The molecule has 0 N–H and O–H groups in total. The van der Waals surface area contributed by atoms with E-state index in [1.807, 2.05) is 27.7 Å². The molecule has 1 heterocycles. The first-order valence-corrected chi connectivity index (χ1v) is 6.42. The second-order valence-corrected chi connectivity index (χ2v) is 5.64. The van der Waals surface area contributed by atoms with E-state index >= 15 is 0 Å². The van der Waals surface area contributed by atoms with Crippen LogP contribution in [0.3, 0.4) is 0 Å². The molecule has 1 fully saturated rings. The fraction of sp³-hybridized carbons (Fsp3) is 0.923. The number of carbonyl (C=O) groups is 1. The first-order chi connectivity index (χ1) is 7.77. The lowest BCUT2D eigenvalue weighted by molar-refractivity contribution is -0.309. The summed E-state index contributed by atoms with van der Waals surface area (Å²) in [5.74, 6) is -0.258. The van der Waals surface area contributed by atoms with Gasteiger partial charge in [-0.1, -0.05) is 13.8 Å². The Balaban J connectivity index is 2.93. The highest BCUT2D eigenvalue weighted by atomic mass is 16.5. The van der Waals surface area contributed by atoms with E-state index in [0.717, 1.165) is 12.8 Å². The van der Waals surface area contributed by atoms with Crippen molar-refractivity contribution in [2.75, 3.05) is 0 Å². The van der Waals surface area contributed by atoms with E-state index in [4.69, 9.17) is 4.74 Å². The summed E-state index contributed by atoms with van der Waals surface area (Å²) in [7, 11) is 0. The van der Waals surface area contributed by atoms with E-state index in [9.17, 15) is 10.0 Å². The molecule has 2 unspecified atom stereocenters. The third-order valence-electron chi connectivity index (χ3n) is 4.17. The largest absolute Gasteiger partial charge is 0.462 e. The number of carbonyl (C=O) groups excluding carboxylic acids is 1. The van der Waals surface area contributed by atoms with Crippen molar-refractivity contribution >= 4 is 5.97 Å². The minimum atomic E-state index is -0.427. The van der Waals surface area contributed by atoms with Crippen LogP contribution in [0.1, 0.15) is 60.3 Å². The minimum Gasteiger partial charge on any atom is -0.462 e. The van der Waals surface area contributed by atoms with Crippen LogP contribution in [0.15, 0.2) is 0 Å². The van der Waals surface area contributed by atoms with Gasteiger partial charge < -0.3 is 4.74 Å². The van der Waals surface area contributed by atoms with Gasteiger partial charge in [-0.25, -0.2) is 0 Å². The van der Waals surface area contributed by atoms with Gasteiger partial charge in [-0.3, -0.25) is 4.79 Å². The highest BCUT2D eigenvalue weighted by Gasteiger charge is 2.50. The summed E-state index contributed by atoms with van der Waals surface area (Å²) in [5, 5.41) is 13.7. The van der Waals surface area contributed by atoms with E-state index in [0.29, 0.717) is 12.8 Å². The topological polar surface area (TPSA) is 49.4 Å². The van der Waals surface area contributed by atoms with E-state index in [2.05, 4.69) is 0 Å². The molecule has 0 aromatic heterocycles. The summed E-state index contributed by atoms with van der Waals surface area (Å²) in [6, 6.07) is 0. The Morgan fingerprint density at radius 3 is 1.94 bits per heavy atom. The Morgan fingerprint density at radius 1 is 1.24 bits per heavy atom. The van der Waals surface area contributed by atoms with Gasteiger partial charge in [0.25, 0.3) is 0 Å². The molecule has 0 bridgehead atoms. The minimum absolute atomic E-state index is 0.132. The van der Waals surface area contributed by atoms with Gasteiger partial charge in [0, 0.05) is 19.8 Å². The molecule has 1 aliphatic rings. The molecule has 0 amide bonds. The molecule has 0 saturated carbocycles. The van der Waals surface area contributed by atoms with Crippen LogP contribution in [0.5, 0.6) is 0 Å². The zero-order chi connectivity index (χ0) is 13.3. The van der Waals surface area contributed by atoms with Gasteiger partial charge in [-0.15, -0.1) is 10.3 Å². The molecular weight excluding hydrogens is 218 g/mol. The van der Waals surface area contributed by atoms with Crippen LogP contribution in [-0.4, -0.2) is 28.2 Å². The average molecular weight is 242 g/mol. The summed E-state index contributed by atoms with van der Waals surface area (Å²) in [6.07, 6.45) is 2.66. The van der Waals surface area contributed by atoms with Crippen LogP contribution in [0.4, 0.5) is 0 Å². The first kappa shape index (κ1) is 14.5. The smallest absolute Gasteiger partial charge is 0.302 e. The second-order valence-electron chi connectivity index (χ2n) is 5.64. The van der Waals surface area contributed by atoms with E-state index < -0.39 is 11.1 Å². The van der Waals surface area contributed by atoms with Crippen molar-refractivity contribution in [3.05, 3.63) is 0 Å². The standard InChI is InChI=1S/C13H24NO3/c1-6-12(4)8-11(17-10(3)15)9-13(5,7-2)14(12)16/h11H,6-9H2,1-5H3. The average Bonchev–Trinajstić information content (AvgIpc) is 2.25. The van der Waals surface area contributed by atoms with Crippen molar-refractivity contribution in [1.29, 1.82) is 0 Å². The first-order valence-electron chi connectivity index (χ1n) is 6.42. The number of piperidine rings is 1. The SMILES string of the molecule is CCC1(C)CC(OC(C)=O)CC(C)(CC)N1[O]. The Labute approximate surface area is 104 Å². The molecular formula is C13H24NO3. The van der Waals surface area contributed by atoms with Crippen LogP contribution < -0.4 is 0 Å². The van der Waals surface area contributed by atoms with Gasteiger partial charge in [0.1, 0.15) is 6.10 Å². The molecule has 0 aromatic carbocycles. The van der Waals surface area contributed by atoms with Crippen LogP contribution in [0.25, 0.3) is 0 Å². The van der Waals surface area contributed by atoms with E-state index in [1.54, 1.807) is 0 Å². The molecule has 4 heteroatoms. The maximum atomic E-state index is 12.4. The summed E-state index contributed by atoms with van der Waals surface area (Å²) in [4.78, 5) is 11.1. The second kappa shape index (κ2) is 4.94. The summed E-state index contributed by atoms with van der Waals surface area (Å²) in [5.41, 5.74) is -0.855. The number of hydrogen-bond donors (Lipinski definition) is 0. The Kier molecular flexibility index (Phi) is 4.20. The molecule has 1 rings (SSSR count). The van der Waals surface area contributed by atoms with Crippen LogP contribution in [-0.2, 0) is 14.7 Å². The van der Waals surface area contributed by atoms with Gasteiger partial charge in [0.15, 0.2) is 0 Å². The highest BCUT2D eigenvalue weighted by Crippen LogP contribution is 2.42. The van der Waals surface area contributed by atoms with Crippen molar-refractivity contribution in [2.24, 2.45) is 0 Å². The third-order valence-corrected chi connectivity index (χ3v) is 4.17. The van der Waals surface area contributed by atoms with Crippen LogP contribution >= 0.6 is 0 Å². The number of hydroxylamine groups is 2. The van der Waals surface area contributed by atoms with Crippen LogP contribution in [0.2, 0.25) is 0 Å². The monoisotopic (exact) mass is 242 g/mol. The molecule has 0 aromatic rings.